The Bertz CT molecular complexity index is 1330. The number of fused-ring (bicyclic) bond motifs is 1. The van der Waals surface area contributed by atoms with Crippen molar-refractivity contribution in [1.29, 1.82) is 0 Å². The molecule has 0 fully saturated rings. The highest BCUT2D eigenvalue weighted by Gasteiger charge is 2.38. The van der Waals surface area contributed by atoms with Gasteiger partial charge in [-0.2, -0.15) is 0 Å². The van der Waals surface area contributed by atoms with Gasteiger partial charge in [0.15, 0.2) is 0 Å². The maximum atomic E-state index is 14.3. The molecule has 0 saturated carbocycles. The van der Waals surface area contributed by atoms with Gasteiger partial charge in [-0.1, -0.05) is 76.1 Å². The molecule has 0 bridgehead atoms. The highest BCUT2D eigenvalue weighted by atomic mass is 16.6. The molecule has 0 saturated heterocycles. The summed E-state index contributed by atoms with van der Waals surface area (Å²) in [7, 11) is 0. The fourth-order valence-electron chi connectivity index (χ4n) is 4.60. The van der Waals surface area contributed by atoms with Gasteiger partial charge in [-0.15, -0.1) is 0 Å². The minimum absolute atomic E-state index is 0.0537. The smallest absolute Gasteiger partial charge is 0.408 e. The van der Waals surface area contributed by atoms with Crippen molar-refractivity contribution in [2.45, 2.75) is 78.5 Å². The quantitative estimate of drug-likeness (QED) is 0.239. The molecule has 220 valence electrons. The van der Waals surface area contributed by atoms with Gasteiger partial charge in [-0.25, -0.2) is 4.79 Å². The molecule has 0 radical (unpaired) electrons. The van der Waals surface area contributed by atoms with Crippen LogP contribution in [0.3, 0.4) is 0 Å². The summed E-state index contributed by atoms with van der Waals surface area (Å²) >= 11 is 0. The SMILES string of the molecule is CCCCN(C(=O)C(NC(=O)OC(C)(C)C)C(C)CC)C(C(=O)Nc1ccc2ccccc2c1)c1ccc(O)cc1. The van der Waals surface area contributed by atoms with Crippen molar-refractivity contribution in [1.82, 2.24) is 10.2 Å². The van der Waals surface area contributed by atoms with Gasteiger partial charge in [0.05, 0.1) is 0 Å². The molecule has 0 aliphatic rings. The molecule has 3 atom stereocenters. The number of ether oxygens (including phenoxy) is 1. The van der Waals surface area contributed by atoms with E-state index in [0.29, 0.717) is 30.6 Å². The summed E-state index contributed by atoms with van der Waals surface area (Å²) in [6.07, 6.45) is 1.39. The molecule has 0 spiro atoms. The fraction of sp³-hybridized carbons (Fsp3) is 0.424. The van der Waals surface area contributed by atoms with Crippen molar-refractivity contribution < 1.29 is 24.2 Å². The van der Waals surface area contributed by atoms with Gasteiger partial charge in [0.2, 0.25) is 5.91 Å². The number of hydrogen-bond acceptors (Lipinski definition) is 5. The Hall–Kier alpha value is -4.07. The van der Waals surface area contributed by atoms with Crippen molar-refractivity contribution >= 4 is 34.4 Å². The minimum atomic E-state index is -1.01. The third-order valence-electron chi connectivity index (χ3n) is 6.97. The van der Waals surface area contributed by atoms with E-state index in [-0.39, 0.29) is 17.6 Å². The maximum Gasteiger partial charge on any atom is 0.408 e. The van der Waals surface area contributed by atoms with Crippen molar-refractivity contribution in [2.75, 3.05) is 11.9 Å². The summed E-state index contributed by atoms with van der Waals surface area (Å²) in [4.78, 5) is 42.6. The summed E-state index contributed by atoms with van der Waals surface area (Å²) in [5, 5.41) is 17.8. The predicted molar refractivity (Wildman–Crippen MR) is 163 cm³/mol. The number of unbranched alkanes of at least 4 members (excludes halogenated alkanes) is 1. The number of carbonyl (C=O) groups is 3. The summed E-state index contributed by atoms with van der Waals surface area (Å²) in [5.41, 5.74) is 0.417. The van der Waals surface area contributed by atoms with Gasteiger partial charge in [-0.05, 0) is 73.7 Å². The van der Waals surface area contributed by atoms with Gasteiger partial charge in [0.25, 0.3) is 5.91 Å². The Morgan fingerprint density at radius 3 is 2.22 bits per heavy atom. The number of amides is 3. The fourth-order valence-corrected chi connectivity index (χ4v) is 4.60. The minimum Gasteiger partial charge on any atom is -0.508 e. The van der Waals surface area contributed by atoms with E-state index in [9.17, 15) is 19.5 Å². The molecule has 8 heteroatoms. The first-order chi connectivity index (χ1) is 19.4. The second-order valence-electron chi connectivity index (χ2n) is 11.4. The number of phenolic OH excluding ortho intramolecular Hbond substituents is 1. The lowest BCUT2D eigenvalue weighted by Gasteiger charge is -2.36. The number of anilines is 1. The monoisotopic (exact) mass is 561 g/mol. The normalized spacial score (nSPS) is 13.6. The number of benzene rings is 3. The van der Waals surface area contributed by atoms with E-state index in [1.807, 2.05) is 63.2 Å². The molecule has 3 aromatic rings. The molecule has 8 nitrogen and oxygen atoms in total. The van der Waals surface area contributed by atoms with Crippen molar-refractivity contribution in [3.8, 4) is 5.75 Å². The summed E-state index contributed by atoms with van der Waals surface area (Å²) in [5.74, 6) is -0.929. The Balaban J connectivity index is 2.02. The Morgan fingerprint density at radius 2 is 1.61 bits per heavy atom. The summed E-state index contributed by atoms with van der Waals surface area (Å²) in [6.45, 7) is 11.4. The predicted octanol–water partition coefficient (Wildman–Crippen LogP) is 6.79. The molecular weight excluding hydrogens is 518 g/mol. The average molecular weight is 562 g/mol. The largest absolute Gasteiger partial charge is 0.508 e. The number of alkyl carbamates (subject to hydrolysis) is 1. The Morgan fingerprint density at radius 1 is 0.951 bits per heavy atom. The third-order valence-corrected chi connectivity index (χ3v) is 6.97. The molecule has 3 N–H and O–H groups in total. The van der Waals surface area contributed by atoms with Gasteiger partial charge < -0.3 is 25.4 Å². The molecule has 41 heavy (non-hydrogen) atoms. The molecule has 0 aliphatic heterocycles. The van der Waals surface area contributed by atoms with E-state index in [4.69, 9.17) is 4.74 Å². The number of nitrogens with one attached hydrogen (secondary N) is 2. The average Bonchev–Trinajstić information content (AvgIpc) is 2.93. The van der Waals surface area contributed by atoms with Crippen LogP contribution in [0.2, 0.25) is 0 Å². The highest BCUT2D eigenvalue weighted by Crippen LogP contribution is 2.28. The van der Waals surface area contributed by atoms with Crippen LogP contribution >= 0.6 is 0 Å². The number of nitrogens with zero attached hydrogens (tertiary/aromatic N) is 1. The molecule has 0 aromatic heterocycles. The van der Waals surface area contributed by atoms with Crippen molar-refractivity contribution in [3.63, 3.8) is 0 Å². The van der Waals surface area contributed by atoms with E-state index in [0.717, 1.165) is 17.2 Å². The van der Waals surface area contributed by atoms with Crippen LogP contribution in [0, 0.1) is 5.92 Å². The molecule has 3 unspecified atom stereocenters. The summed E-state index contributed by atoms with van der Waals surface area (Å²) in [6, 6.07) is 17.9. The van der Waals surface area contributed by atoms with Gasteiger partial charge in [0, 0.05) is 12.2 Å². The zero-order valence-corrected chi connectivity index (χ0v) is 24.9. The van der Waals surface area contributed by atoms with Crippen LogP contribution in [0.15, 0.2) is 66.7 Å². The van der Waals surface area contributed by atoms with E-state index in [1.54, 1.807) is 37.8 Å². The first-order valence-corrected chi connectivity index (χ1v) is 14.3. The van der Waals surface area contributed by atoms with Crippen LogP contribution in [-0.4, -0.2) is 46.1 Å². The Kier molecular flexibility index (Phi) is 10.8. The second-order valence-corrected chi connectivity index (χ2v) is 11.4. The first kappa shape index (κ1) is 31.5. The van der Waals surface area contributed by atoms with Crippen LogP contribution in [0.25, 0.3) is 10.8 Å². The Labute approximate surface area is 243 Å². The van der Waals surface area contributed by atoms with E-state index in [1.165, 1.54) is 12.1 Å². The molecule has 3 aromatic carbocycles. The van der Waals surface area contributed by atoms with Crippen LogP contribution in [0.4, 0.5) is 10.5 Å². The topological polar surface area (TPSA) is 108 Å². The molecule has 0 heterocycles. The first-order valence-electron chi connectivity index (χ1n) is 14.3. The van der Waals surface area contributed by atoms with Gasteiger partial charge in [-0.3, -0.25) is 9.59 Å². The van der Waals surface area contributed by atoms with Crippen molar-refractivity contribution in [2.24, 2.45) is 5.92 Å². The van der Waals surface area contributed by atoms with E-state index in [2.05, 4.69) is 10.6 Å². The molecule has 0 aliphatic carbocycles. The van der Waals surface area contributed by atoms with Crippen LogP contribution in [0.1, 0.15) is 72.4 Å². The lowest BCUT2D eigenvalue weighted by Crippen LogP contribution is -2.55. The molecule has 3 amide bonds. The second kappa shape index (κ2) is 14.0. The molecule has 3 rings (SSSR count). The number of carbonyl (C=O) groups excluding carboxylic acids is 3. The van der Waals surface area contributed by atoms with E-state index < -0.39 is 29.7 Å². The lowest BCUT2D eigenvalue weighted by atomic mass is 9.95. The van der Waals surface area contributed by atoms with Gasteiger partial charge >= 0.3 is 6.09 Å². The van der Waals surface area contributed by atoms with Crippen molar-refractivity contribution in [3.05, 3.63) is 72.3 Å². The third kappa shape index (κ3) is 8.71. The number of aromatic hydroxyl groups is 1. The zero-order chi connectivity index (χ0) is 30.2. The number of rotatable bonds is 11. The maximum absolute atomic E-state index is 14.3. The zero-order valence-electron chi connectivity index (χ0n) is 24.9. The van der Waals surface area contributed by atoms with Crippen LogP contribution < -0.4 is 10.6 Å². The standard InChI is InChI=1S/C33H43N3O5/c1-7-9-20-36(31(39)28(22(3)8-2)35-32(40)41-33(4,5)6)29(24-15-18-27(37)19-16-24)30(38)34-26-17-14-23-12-10-11-13-25(23)21-26/h10-19,21-22,28-29,37H,7-9,20H2,1-6H3,(H,34,38)(H,35,40). The van der Waals surface area contributed by atoms with Crippen LogP contribution in [0.5, 0.6) is 5.75 Å². The van der Waals surface area contributed by atoms with Gasteiger partial charge in [0.1, 0.15) is 23.4 Å². The lowest BCUT2D eigenvalue weighted by molar-refractivity contribution is -0.142. The van der Waals surface area contributed by atoms with E-state index >= 15 is 0 Å². The summed E-state index contributed by atoms with van der Waals surface area (Å²) < 4.78 is 5.47. The number of phenols is 1. The number of hydrogen-bond donors (Lipinski definition) is 3. The van der Waals surface area contributed by atoms with Crippen LogP contribution in [-0.2, 0) is 14.3 Å². The molecular formula is C33H43N3O5. The highest BCUT2D eigenvalue weighted by molar-refractivity contribution is 6.00.